The molecule has 2 fully saturated rings. The van der Waals surface area contributed by atoms with Gasteiger partial charge in [0.1, 0.15) is 0 Å². The summed E-state index contributed by atoms with van der Waals surface area (Å²) in [5.74, 6) is 0.211. The number of rotatable bonds is 3. The van der Waals surface area contributed by atoms with Crippen LogP contribution >= 0.6 is 0 Å². The Kier molecular flexibility index (Phi) is 4.62. The zero-order valence-electron chi connectivity index (χ0n) is 11.5. The molecule has 2 aliphatic heterocycles. The lowest BCUT2D eigenvalue weighted by molar-refractivity contribution is -0.137. The first kappa shape index (κ1) is 13.8. The third kappa shape index (κ3) is 3.95. The summed E-state index contributed by atoms with van der Waals surface area (Å²) >= 11 is 0. The van der Waals surface area contributed by atoms with Gasteiger partial charge in [-0.3, -0.25) is 4.79 Å². The molecule has 2 unspecified atom stereocenters. The minimum atomic E-state index is -0.684. The number of piperidine rings is 2. The Morgan fingerprint density at radius 3 is 2.94 bits per heavy atom. The minimum absolute atomic E-state index is 0.211. The molecule has 0 aromatic heterocycles. The highest BCUT2D eigenvalue weighted by Gasteiger charge is 2.30. The van der Waals surface area contributed by atoms with Crippen LogP contribution in [0.5, 0.6) is 0 Å². The Balaban J connectivity index is 1.73. The molecule has 0 radical (unpaired) electrons. The first-order chi connectivity index (χ1) is 8.57. The van der Waals surface area contributed by atoms with E-state index in [-0.39, 0.29) is 5.91 Å². The molecule has 0 aromatic rings. The molecule has 0 bridgehead atoms. The maximum Gasteiger partial charge on any atom is 0.222 e. The molecular weight excluding hydrogens is 228 g/mol. The van der Waals surface area contributed by atoms with E-state index < -0.39 is 5.60 Å². The van der Waals surface area contributed by atoms with Gasteiger partial charge in [-0.05, 0) is 45.6 Å². The summed E-state index contributed by atoms with van der Waals surface area (Å²) in [6, 6.07) is 0.521. The van der Waals surface area contributed by atoms with E-state index in [4.69, 9.17) is 0 Å². The van der Waals surface area contributed by atoms with Gasteiger partial charge in [0.15, 0.2) is 0 Å². The molecule has 2 aliphatic rings. The summed E-state index contributed by atoms with van der Waals surface area (Å²) in [5, 5.41) is 13.5. The predicted octanol–water partition coefficient (Wildman–Crippen LogP) is 1.28. The van der Waals surface area contributed by atoms with E-state index in [1.54, 1.807) is 0 Å². The average molecular weight is 254 g/mol. The third-order valence-electron chi connectivity index (χ3n) is 4.15. The molecule has 4 heteroatoms. The van der Waals surface area contributed by atoms with Crippen molar-refractivity contribution >= 4 is 5.91 Å². The second-order valence-electron chi connectivity index (χ2n) is 6.10. The molecule has 1 amide bonds. The summed E-state index contributed by atoms with van der Waals surface area (Å²) < 4.78 is 0. The molecule has 0 spiro atoms. The molecule has 0 aromatic carbocycles. The molecule has 4 nitrogen and oxygen atoms in total. The van der Waals surface area contributed by atoms with E-state index in [1.165, 1.54) is 19.3 Å². The van der Waals surface area contributed by atoms with Crippen LogP contribution in [0.4, 0.5) is 0 Å². The van der Waals surface area contributed by atoms with E-state index in [0.29, 0.717) is 19.0 Å². The molecule has 2 saturated heterocycles. The lowest BCUT2D eigenvalue weighted by atomic mass is 9.94. The molecule has 2 heterocycles. The summed E-state index contributed by atoms with van der Waals surface area (Å²) in [6.07, 6.45) is 7.03. The number of β-amino-alcohol motifs (C(OH)–C–C–N with tert-alkyl or cyclic N) is 1. The van der Waals surface area contributed by atoms with Crippen LogP contribution in [0.1, 0.15) is 51.9 Å². The topological polar surface area (TPSA) is 52.6 Å². The molecular formula is C14H26N2O2. The van der Waals surface area contributed by atoms with Gasteiger partial charge in [-0.15, -0.1) is 0 Å². The number of hydrogen-bond donors (Lipinski definition) is 2. The highest BCUT2D eigenvalue weighted by molar-refractivity contribution is 5.76. The highest BCUT2D eigenvalue weighted by Crippen LogP contribution is 2.21. The number of amides is 1. The summed E-state index contributed by atoms with van der Waals surface area (Å²) in [6.45, 7) is 4.24. The van der Waals surface area contributed by atoms with Gasteiger partial charge in [-0.2, -0.15) is 0 Å². The number of nitrogens with zero attached hydrogens (tertiary/aromatic N) is 1. The highest BCUT2D eigenvalue weighted by atomic mass is 16.3. The smallest absolute Gasteiger partial charge is 0.222 e. The summed E-state index contributed by atoms with van der Waals surface area (Å²) in [5.41, 5.74) is -0.684. The van der Waals surface area contributed by atoms with Crippen molar-refractivity contribution in [1.82, 2.24) is 10.2 Å². The van der Waals surface area contributed by atoms with E-state index in [0.717, 1.165) is 32.4 Å². The van der Waals surface area contributed by atoms with Crippen LogP contribution in [0.3, 0.4) is 0 Å². The quantitative estimate of drug-likeness (QED) is 0.798. The zero-order chi connectivity index (χ0) is 13.0. The third-order valence-corrected chi connectivity index (χ3v) is 4.15. The molecule has 2 rings (SSSR count). The molecule has 2 atom stereocenters. The van der Waals surface area contributed by atoms with E-state index in [9.17, 15) is 9.90 Å². The van der Waals surface area contributed by atoms with Gasteiger partial charge < -0.3 is 15.3 Å². The van der Waals surface area contributed by atoms with Crippen molar-refractivity contribution in [2.75, 3.05) is 19.6 Å². The standard InChI is InChI=1S/C14H26N2O2/c1-14(18)8-4-10-16(11-14)13(17)7-6-12-5-2-3-9-15-12/h12,15,18H,2-11H2,1H3. The van der Waals surface area contributed by atoms with Crippen molar-refractivity contribution in [2.24, 2.45) is 0 Å². The zero-order valence-corrected chi connectivity index (χ0v) is 11.5. The normalized spacial score (nSPS) is 33.4. The van der Waals surface area contributed by atoms with Crippen LogP contribution < -0.4 is 5.32 Å². The van der Waals surface area contributed by atoms with Gasteiger partial charge in [0, 0.05) is 25.6 Å². The van der Waals surface area contributed by atoms with Crippen LogP contribution in [0.15, 0.2) is 0 Å². The van der Waals surface area contributed by atoms with Crippen molar-refractivity contribution in [3.8, 4) is 0 Å². The van der Waals surface area contributed by atoms with E-state index in [2.05, 4.69) is 5.32 Å². The second kappa shape index (κ2) is 6.02. The molecule has 0 aliphatic carbocycles. The number of carbonyl (C=O) groups excluding carboxylic acids is 1. The fourth-order valence-corrected chi connectivity index (χ4v) is 3.06. The maximum atomic E-state index is 12.1. The Morgan fingerprint density at radius 2 is 2.28 bits per heavy atom. The van der Waals surface area contributed by atoms with Crippen molar-refractivity contribution in [3.05, 3.63) is 0 Å². The second-order valence-corrected chi connectivity index (χ2v) is 6.10. The number of likely N-dealkylation sites (tertiary alicyclic amines) is 1. The van der Waals surface area contributed by atoms with Crippen molar-refractivity contribution in [3.63, 3.8) is 0 Å². The average Bonchev–Trinajstić information content (AvgIpc) is 2.36. The maximum absolute atomic E-state index is 12.1. The SMILES string of the molecule is CC1(O)CCCN(C(=O)CCC2CCCCN2)C1. The number of carbonyl (C=O) groups is 1. The van der Waals surface area contributed by atoms with Gasteiger partial charge in [-0.25, -0.2) is 0 Å². The number of aliphatic hydroxyl groups is 1. The molecule has 0 saturated carbocycles. The van der Waals surface area contributed by atoms with Gasteiger partial charge in [0.05, 0.1) is 5.60 Å². The Hall–Kier alpha value is -0.610. The Labute approximate surface area is 110 Å². The van der Waals surface area contributed by atoms with Gasteiger partial charge in [0.2, 0.25) is 5.91 Å². The number of hydrogen-bond acceptors (Lipinski definition) is 3. The van der Waals surface area contributed by atoms with E-state index in [1.807, 2.05) is 11.8 Å². The fourth-order valence-electron chi connectivity index (χ4n) is 3.06. The first-order valence-electron chi connectivity index (χ1n) is 7.30. The van der Waals surface area contributed by atoms with Gasteiger partial charge in [-0.1, -0.05) is 6.42 Å². The van der Waals surface area contributed by atoms with Crippen molar-refractivity contribution < 1.29 is 9.90 Å². The Morgan fingerprint density at radius 1 is 1.44 bits per heavy atom. The number of nitrogens with one attached hydrogen (secondary N) is 1. The fraction of sp³-hybridized carbons (Fsp3) is 0.929. The predicted molar refractivity (Wildman–Crippen MR) is 71.3 cm³/mol. The van der Waals surface area contributed by atoms with Crippen LogP contribution in [-0.2, 0) is 4.79 Å². The van der Waals surface area contributed by atoms with Crippen LogP contribution in [0, 0.1) is 0 Å². The van der Waals surface area contributed by atoms with Crippen LogP contribution in [-0.4, -0.2) is 47.2 Å². The van der Waals surface area contributed by atoms with Crippen LogP contribution in [0.25, 0.3) is 0 Å². The van der Waals surface area contributed by atoms with Crippen LogP contribution in [0.2, 0.25) is 0 Å². The molecule has 104 valence electrons. The summed E-state index contributed by atoms with van der Waals surface area (Å²) in [4.78, 5) is 14.0. The van der Waals surface area contributed by atoms with E-state index >= 15 is 0 Å². The monoisotopic (exact) mass is 254 g/mol. The lowest BCUT2D eigenvalue weighted by Crippen LogP contribution is -2.48. The summed E-state index contributed by atoms with van der Waals surface area (Å²) in [7, 11) is 0. The van der Waals surface area contributed by atoms with Crippen molar-refractivity contribution in [1.29, 1.82) is 0 Å². The first-order valence-corrected chi connectivity index (χ1v) is 7.30. The molecule has 2 N–H and O–H groups in total. The molecule has 18 heavy (non-hydrogen) atoms. The van der Waals surface area contributed by atoms with Crippen molar-refractivity contribution in [2.45, 2.75) is 63.5 Å². The largest absolute Gasteiger partial charge is 0.388 e. The van der Waals surface area contributed by atoms with Gasteiger partial charge in [0.25, 0.3) is 0 Å². The lowest BCUT2D eigenvalue weighted by Gasteiger charge is -2.37. The minimum Gasteiger partial charge on any atom is -0.388 e. The Bertz CT molecular complexity index is 286. The van der Waals surface area contributed by atoms with Gasteiger partial charge >= 0.3 is 0 Å².